The molecule has 2 aromatic rings. The molecule has 1 saturated heterocycles. The Morgan fingerprint density at radius 3 is 2.70 bits per heavy atom. The molecule has 0 bridgehead atoms. The van der Waals surface area contributed by atoms with E-state index in [1.807, 2.05) is 24.3 Å². The largest absolute Gasteiger partial charge is 0.494 e. The van der Waals surface area contributed by atoms with Crippen molar-refractivity contribution in [3.05, 3.63) is 47.0 Å². The molecule has 0 N–H and O–H groups in total. The van der Waals surface area contributed by atoms with E-state index in [1.165, 1.54) is 5.56 Å². The minimum absolute atomic E-state index is 0.406. The molecule has 0 radical (unpaired) electrons. The minimum Gasteiger partial charge on any atom is -0.494 e. The van der Waals surface area contributed by atoms with Gasteiger partial charge in [-0.05, 0) is 42.3 Å². The summed E-state index contributed by atoms with van der Waals surface area (Å²) < 4.78 is 17.6. The second-order valence-corrected chi connectivity index (χ2v) is 6.58. The van der Waals surface area contributed by atoms with E-state index in [9.17, 15) is 0 Å². The highest BCUT2D eigenvalue weighted by Crippen LogP contribution is 2.49. The third kappa shape index (κ3) is 2.48. The van der Waals surface area contributed by atoms with Crippen LogP contribution in [-0.2, 0) is 10.3 Å². The van der Waals surface area contributed by atoms with Crippen molar-refractivity contribution >= 4 is 11.6 Å². The molecule has 4 rings (SSSR count). The van der Waals surface area contributed by atoms with Crippen LogP contribution in [0.1, 0.15) is 25.3 Å². The van der Waals surface area contributed by atoms with Gasteiger partial charge in [-0.1, -0.05) is 31.0 Å². The molecule has 3 nitrogen and oxygen atoms in total. The molecule has 4 heteroatoms. The molecular weight excluding hydrogens is 312 g/mol. The Labute approximate surface area is 141 Å². The Hall–Kier alpha value is -1.71. The second kappa shape index (κ2) is 5.73. The first kappa shape index (κ1) is 14.9. The molecule has 2 heterocycles. The maximum absolute atomic E-state index is 6.28. The maximum atomic E-state index is 6.28. The van der Waals surface area contributed by atoms with Gasteiger partial charge in [-0.2, -0.15) is 0 Å². The standard InChI is InChI=1S/C19H19ClO3/c1-2-3-8-22-14-5-7-15-16-6-4-13(20)9-18(16)23-19(11-21-12-19)17(15)10-14/h4-7,9-10H,2-3,8,11-12H2,1H3. The van der Waals surface area contributed by atoms with Gasteiger partial charge in [0.1, 0.15) is 11.5 Å². The number of fused-ring (bicyclic) bond motifs is 4. The van der Waals surface area contributed by atoms with Crippen LogP contribution in [0.15, 0.2) is 36.4 Å². The smallest absolute Gasteiger partial charge is 0.181 e. The van der Waals surface area contributed by atoms with Crippen LogP contribution < -0.4 is 9.47 Å². The molecule has 0 amide bonds. The molecule has 0 atom stereocenters. The average Bonchev–Trinajstić information content (AvgIpc) is 2.52. The third-order valence-electron chi connectivity index (χ3n) is 4.46. The van der Waals surface area contributed by atoms with Crippen LogP contribution in [0.3, 0.4) is 0 Å². The van der Waals surface area contributed by atoms with Gasteiger partial charge in [-0.15, -0.1) is 0 Å². The number of hydrogen-bond donors (Lipinski definition) is 0. The van der Waals surface area contributed by atoms with Gasteiger partial charge in [0.05, 0.1) is 19.8 Å². The van der Waals surface area contributed by atoms with Crippen LogP contribution in [0.5, 0.6) is 11.5 Å². The van der Waals surface area contributed by atoms with Crippen molar-refractivity contribution in [2.24, 2.45) is 0 Å². The van der Waals surface area contributed by atoms with Gasteiger partial charge < -0.3 is 14.2 Å². The van der Waals surface area contributed by atoms with Gasteiger partial charge in [0.2, 0.25) is 0 Å². The fraction of sp³-hybridized carbons (Fsp3) is 0.368. The Bertz CT molecular complexity index is 737. The molecule has 0 saturated carbocycles. The van der Waals surface area contributed by atoms with Gasteiger partial charge in [0.25, 0.3) is 0 Å². The van der Waals surface area contributed by atoms with Gasteiger partial charge in [-0.3, -0.25) is 0 Å². The van der Waals surface area contributed by atoms with Gasteiger partial charge in [-0.25, -0.2) is 0 Å². The lowest BCUT2D eigenvalue weighted by Crippen LogP contribution is -2.53. The van der Waals surface area contributed by atoms with Crippen molar-refractivity contribution in [3.8, 4) is 22.6 Å². The maximum Gasteiger partial charge on any atom is 0.181 e. The van der Waals surface area contributed by atoms with Crippen LogP contribution in [-0.4, -0.2) is 19.8 Å². The number of unbranched alkanes of at least 4 members (excludes halogenated alkanes) is 1. The third-order valence-corrected chi connectivity index (χ3v) is 4.69. The van der Waals surface area contributed by atoms with Crippen molar-refractivity contribution in [2.75, 3.05) is 19.8 Å². The van der Waals surface area contributed by atoms with E-state index in [1.54, 1.807) is 0 Å². The van der Waals surface area contributed by atoms with Crippen molar-refractivity contribution in [1.82, 2.24) is 0 Å². The zero-order chi connectivity index (χ0) is 15.9. The zero-order valence-corrected chi connectivity index (χ0v) is 13.9. The molecule has 2 aromatic carbocycles. The molecule has 0 aromatic heterocycles. The van der Waals surface area contributed by atoms with Gasteiger partial charge >= 0.3 is 0 Å². The number of benzene rings is 2. The molecule has 1 fully saturated rings. The summed E-state index contributed by atoms with van der Waals surface area (Å²) in [7, 11) is 0. The summed E-state index contributed by atoms with van der Waals surface area (Å²) in [5.41, 5.74) is 2.99. The number of ether oxygens (including phenoxy) is 3. The first-order valence-electron chi connectivity index (χ1n) is 8.06. The molecular formula is C19H19ClO3. The predicted molar refractivity (Wildman–Crippen MR) is 90.4 cm³/mol. The molecule has 120 valence electrons. The highest BCUT2D eigenvalue weighted by Gasteiger charge is 2.47. The molecule has 1 spiro atoms. The minimum atomic E-state index is -0.406. The van der Waals surface area contributed by atoms with E-state index in [-0.39, 0.29) is 0 Å². The predicted octanol–water partition coefficient (Wildman–Crippen LogP) is 4.80. The average molecular weight is 331 g/mol. The number of rotatable bonds is 4. The van der Waals surface area contributed by atoms with Crippen molar-refractivity contribution < 1.29 is 14.2 Å². The Morgan fingerprint density at radius 2 is 1.96 bits per heavy atom. The summed E-state index contributed by atoms with van der Waals surface area (Å²) >= 11 is 6.12. The van der Waals surface area contributed by atoms with Crippen LogP contribution in [0, 0.1) is 0 Å². The first-order chi connectivity index (χ1) is 11.2. The second-order valence-electron chi connectivity index (χ2n) is 6.14. The van der Waals surface area contributed by atoms with Crippen molar-refractivity contribution in [1.29, 1.82) is 0 Å². The van der Waals surface area contributed by atoms with Crippen molar-refractivity contribution in [2.45, 2.75) is 25.4 Å². The van der Waals surface area contributed by atoms with E-state index >= 15 is 0 Å². The van der Waals surface area contributed by atoms with Crippen LogP contribution in [0.25, 0.3) is 11.1 Å². The van der Waals surface area contributed by atoms with Crippen LogP contribution >= 0.6 is 11.6 Å². The van der Waals surface area contributed by atoms with Crippen LogP contribution in [0.4, 0.5) is 0 Å². The Morgan fingerprint density at radius 1 is 1.13 bits per heavy atom. The fourth-order valence-corrected chi connectivity index (χ4v) is 3.29. The summed E-state index contributed by atoms with van der Waals surface area (Å²) in [6.07, 6.45) is 2.18. The van der Waals surface area contributed by atoms with Gasteiger partial charge in [0, 0.05) is 16.1 Å². The normalized spacial score (nSPS) is 17.0. The first-order valence-corrected chi connectivity index (χ1v) is 8.44. The lowest BCUT2D eigenvalue weighted by Gasteiger charge is -2.45. The van der Waals surface area contributed by atoms with E-state index in [0.29, 0.717) is 18.2 Å². The van der Waals surface area contributed by atoms with Crippen molar-refractivity contribution in [3.63, 3.8) is 0 Å². The topological polar surface area (TPSA) is 27.7 Å². The van der Waals surface area contributed by atoms with Crippen LogP contribution in [0.2, 0.25) is 5.02 Å². The summed E-state index contributed by atoms with van der Waals surface area (Å²) in [6.45, 7) is 4.02. The van der Waals surface area contributed by atoms with Gasteiger partial charge in [0.15, 0.2) is 5.60 Å². The molecule has 23 heavy (non-hydrogen) atoms. The Kier molecular flexibility index (Phi) is 3.70. The monoisotopic (exact) mass is 330 g/mol. The summed E-state index contributed by atoms with van der Waals surface area (Å²) in [5, 5.41) is 0.683. The Balaban J connectivity index is 1.76. The SMILES string of the molecule is CCCCOc1ccc2c(c1)C1(COC1)Oc1cc(Cl)ccc1-2. The molecule has 2 aliphatic heterocycles. The van der Waals surface area contributed by atoms with E-state index < -0.39 is 5.60 Å². The summed E-state index contributed by atoms with van der Waals surface area (Å²) in [5.74, 6) is 1.72. The molecule has 0 unspecified atom stereocenters. The van der Waals surface area contributed by atoms with E-state index in [2.05, 4.69) is 19.1 Å². The van der Waals surface area contributed by atoms with E-state index in [0.717, 1.165) is 42.1 Å². The highest BCUT2D eigenvalue weighted by atomic mass is 35.5. The number of halogens is 1. The zero-order valence-electron chi connectivity index (χ0n) is 13.1. The van der Waals surface area contributed by atoms with E-state index in [4.69, 9.17) is 25.8 Å². The highest BCUT2D eigenvalue weighted by molar-refractivity contribution is 6.30. The lowest BCUT2D eigenvalue weighted by molar-refractivity contribution is -0.169. The molecule has 0 aliphatic carbocycles. The fourth-order valence-electron chi connectivity index (χ4n) is 3.13. The number of hydrogen-bond acceptors (Lipinski definition) is 3. The lowest BCUT2D eigenvalue weighted by atomic mass is 9.82. The quantitative estimate of drug-likeness (QED) is 0.753. The molecule has 2 aliphatic rings. The summed E-state index contributed by atoms with van der Waals surface area (Å²) in [4.78, 5) is 0. The summed E-state index contributed by atoms with van der Waals surface area (Å²) in [6, 6.07) is 12.0.